The fourth-order valence-corrected chi connectivity index (χ4v) is 4.36. The van der Waals surface area contributed by atoms with E-state index in [0.717, 1.165) is 0 Å². The number of carbonyl (C=O) groups is 2. The van der Waals surface area contributed by atoms with Crippen LogP contribution in [-0.4, -0.2) is 39.3 Å². The molecule has 0 bridgehead atoms. The van der Waals surface area contributed by atoms with E-state index in [1.165, 1.54) is 11.8 Å². The smallest absolute Gasteiger partial charge is 0.253 e. The minimum atomic E-state index is -0.349. The van der Waals surface area contributed by atoms with Crippen molar-refractivity contribution < 1.29 is 14.3 Å². The molecular formula is C24H27ClN4O3S. The van der Waals surface area contributed by atoms with Crippen molar-refractivity contribution in [1.82, 2.24) is 20.1 Å². The number of hydrogen-bond acceptors (Lipinski definition) is 6. The first-order valence-electron chi connectivity index (χ1n) is 10.5. The molecule has 0 saturated heterocycles. The Bertz CT molecular complexity index is 1120. The van der Waals surface area contributed by atoms with Gasteiger partial charge < -0.3 is 14.6 Å². The fourth-order valence-electron chi connectivity index (χ4n) is 3.33. The van der Waals surface area contributed by atoms with Gasteiger partial charge in [0, 0.05) is 12.6 Å². The second-order valence-corrected chi connectivity index (χ2v) is 9.33. The third kappa shape index (κ3) is 6.36. The van der Waals surface area contributed by atoms with E-state index in [4.69, 9.17) is 16.3 Å². The summed E-state index contributed by atoms with van der Waals surface area (Å²) in [5.41, 5.74) is 1.02. The van der Waals surface area contributed by atoms with Crippen LogP contribution in [0.4, 0.5) is 0 Å². The first-order chi connectivity index (χ1) is 15.8. The van der Waals surface area contributed by atoms with Crippen LogP contribution in [0.15, 0.2) is 53.7 Å². The molecule has 33 heavy (non-hydrogen) atoms. The minimum absolute atomic E-state index is 0.0158. The SMILES string of the molecule is COc1ccc(C(=O)CSc2nnc(C(CC(C)C)NC(=O)c3ccccc3Cl)n2C)cc1. The van der Waals surface area contributed by atoms with Crippen molar-refractivity contribution >= 4 is 35.1 Å². The number of amides is 1. The highest BCUT2D eigenvalue weighted by Gasteiger charge is 2.24. The van der Waals surface area contributed by atoms with Crippen LogP contribution in [0.25, 0.3) is 0 Å². The van der Waals surface area contributed by atoms with E-state index in [9.17, 15) is 9.59 Å². The second-order valence-electron chi connectivity index (χ2n) is 7.98. The standard InChI is InChI=1S/C24H27ClN4O3S/c1-15(2)13-20(26-23(31)18-7-5-6-8-19(18)25)22-27-28-24(29(22)3)33-14-21(30)16-9-11-17(32-4)12-10-16/h5-12,15,20H,13-14H2,1-4H3,(H,26,31). The number of nitrogens with one attached hydrogen (secondary N) is 1. The molecule has 0 radical (unpaired) electrons. The molecule has 0 spiro atoms. The molecule has 9 heteroatoms. The molecule has 0 fully saturated rings. The van der Waals surface area contributed by atoms with Crippen LogP contribution in [0.5, 0.6) is 5.75 Å². The van der Waals surface area contributed by atoms with Crippen molar-refractivity contribution in [2.45, 2.75) is 31.5 Å². The molecule has 2 aromatic carbocycles. The number of nitrogens with zero attached hydrogens (tertiary/aromatic N) is 3. The number of carbonyl (C=O) groups excluding carboxylic acids is 2. The topological polar surface area (TPSA) is 86.1 Å². The molecular weight excluding hydrogens is 460 g/mol. The maximum Gasteiger partial charge on any atom is 0.253 e. The van der Waals surface area contributed by atoms with Crippen LogP contribution >= 0.6 is 23.4 Å². The molecule has 0 aliphatic heterocycles. The summed E-state index contributed by atoms with van der Waals surface area (Å²) in [5, 5.41) is 12.6. The lowest BCUT2D eigenvalue weighted by molar-refractivity contribution is 0.0928. The van der Waals surface area contributed by atoms with E-state index in [0.29, 0.717) is 45.2 Å². The van der Waals surface area contributed by atoms with Crippen LogP contribution in [0.2, 0.25) is 5.02 Å². The number of thioether (sulfide) groups is 1. The van der Waals surface area contributed by atoms with Gasteiger partial charge in [-0.15, -0.1) is 10.2 Å². The first-order valence-corrected chi connectivity index (χ1v) is 11.9. The number of halogens is 1. The Morgan fingerprint density at radius 3 is 2.45 bits per heavy atom. The van der Waals surface area contributed by atoms with Crippen molar-refractivity contribution in [2.75, 3.05) is 12.9 Å². The molecule has 0 saturated carbocycles. The van der Waals surface area contributed by atoms with Crippen LogP contribution in [-0.2, 0) is 7.05 Å². The Morgan fingerprint density at radius 2 is 1.82 bits per heavy atom. The highest BCUT2D eigenvalue weighted by Crippen LogP contribution is 2.25. The van der Waals surface area contributed by atoms with Crippen molar-refractivity contribution in [1.29, 1.82) is 0 Å². The van der Waals surface area contributed by atoms with Gasteiger partial charge in [-0.25, -0.2) is 0 Å². The number of hydrogen-bond donors (Lipinski definition) is 1. The molecule has 1 aromatic heterocycles. The number of Topliss-reactive ketones (excluding diaryl/α,β-unsaturated/α-hetero) is 1. The average Bonchev–Trinajstić information content (AvgIpc) is 3.17. The Labute approximate surface area is 202 Å². The normalized spacial score (nSPS) is 11.9. The number of ether oxygens (including phenoxy) is 1. The number of rotatable bonds is 10. The largest absolute Gasteiger partial charge is 0.497 e. The molecule has 1 amide bonds. The minimum Gasteiger partial charge on any atom is -0.497 e. The second kappa shape index (κ2) is 11.3. The van der Waals surface area contributed by atoms with Gasteiger partial charge in [0.2, 0.25) is 0 Å². The molecule has 0 aliphatic rings. The lowest BCUT2D eigenvalue weighted by Gasteiger charge is -2.20. The molecule has 0 aliphatic carbocycles. The summed E-state index contributed by atoms with van der Waals surface area (Å²) in [6.07, 6.45) is 0.678. The quantitative estimate of drug-likeness (QED) is 0.321. The zero-order valence-electron chi connectivity index (χ0n) is 19.0. The van der Waals surface area contributed by atoms with Gasteiger partial charge in [0.1, 0.15) is 5.75 Å². The Hall–Kier alpha value is -2.84. The zero-order chi connectivity index (χ0) is 24.0. The number of ketones is 1. The molecule has 3 rings (SSSR count). The molecule has 3 aromatic rings. The van der Waals surface area contributed by atoms with Crippen LogP contribution in [0.3, 0.4) is 0 Å². The Morgan fingerprint density at radius 1 is 1.12 bits per heavy atom. The van der Waals surface area contributed by atoms with Gasteiger partial charge in [-0.3, -0.25) is 9.59 Å². The summed E-state index contributed by atoms with van der Waals surface area (Å²) in [6.45, 7) is 4.16. The number of methoxy groups -OCH3 is 1. The number of benzene rings is 2. The lowest BCUT2D eigenvalue weighted by Crippen LogP contribution is -2.31. The average molecular weight is 487 g/mol. The maximum absolute atomic E-state index is 12.9. The van der Waals surface area contributed by atoms with Gasteiger partial charge in [-0.1, -0.05) is 49.3 Å². The third-order valence-corrected chi connectivity index (χ3v) is 6.41. The molecule has 1 atom stereocenters. The van der Waals surface area contributed by atoms with Crippen LogP contribution in [0, 0.1) is 5.92 Å². The summed E-state index contributed by atoms with van der Waals surface area (Å²) < 4.78 is 6.96. The highest BCUT2D eigenvalue weighted by atomic mass is 35.5. The van der Waals surface area contributed by atoms with Gasteiger partial charge in [-0.05, 0) is 48.7 Å². The third-order valence-electron chi connectivity index (χ3n) is 5.06. The van der Waals surface area contributed by atoms with Gasteiger partial charge in [-0.2, -0.15) is 0 Å². The summed E-state index contributed by atoms with van der Waals surface area (Å²) in [7, 11) is 3.42. The van der Waals surface area contributed by atoms with Gasteiger partial charge in [0.25, 0.3) is 5.91 Å². The van der Waals surface area contributed by atoms with Crippen LogP contribution < -0.4 is 10.1 Å². The molecule has 7 nitrogen and oxygen atoms in total. The van der Waals surface area contributed by atoms with Crippen molar-refractivity contribution in [3.63, 3.8) is 0 Å². The summed E-state index contributed by atoms with van der Waals surface area (Å²) in [5.74, 6) is 1.58. The van der Waals surface area contributed by atoms with Gasteiger partial charge in [0.15, 0.2) is 16.8 Å². The molecule has 174 valence electrons. The molecule has 1 unspecified atom stereocenters. The van der Waals surface area contributed by atoms with E-state index in [1.54, 1.807) is 55.6 Å². The molecule has 1 heterocycles. The van der Waals surface area contributed by atoms with Crippen molar-refractivity contribution in [2.24, 2.45) is 13.0 Å². The monoisotopic (exact) mass is 486 g/mol. The van der Waals surface area contributed by atoms with Gasteiger partial charge in [0.05, 0.1) is 29.5 Å². The zero-order valence-corrected chi connectivity index (χ0v) is 20.6. The van der Waals surface area contributed by atoms with Crippen molar-refractivity contribution in [3.05, 3.63) is 70.5 Å². The lowest BCUT2D eigenvalue weighted by atomic mass is 10.0. The molecule has 1 N–H and O–H groups in total. The van der Waals surface area contributed by atoms with Crippen molar-refractivity contribution in [3.8, 4) is 5.75 Å². The van der Waals surface area contributed by atoms with E-state index in [-0.39, 0.29) is 23.5 Å². The van der Waals surface area contributed by atoms with E-state index >= 15 is 0 Å². The van der Waals surface area contributed by atoms with E-state index in [1.807, 2.05) is 11.6 Å². The van der Waals surface area contributed by atoms with Gasteiger partial charge >= 0.3 is 0 Å². The number of aromatic nitrogens is 3. The Balaban J connectivity index is 1.72. The highest BCUT2D eigenvalue weighted by molar-refractivity contribution is 7.99. The predicted octanol–water partition coefficient (Wildman–Crippen LogP) is 4.97. The summed E-state index contributed by atoms with van der Waals surface area (Å²) >= 11 is 7.50. The first kappa shape index (κ1) is 24.8. The Kier molecular flexibility index (Phi) is 8.52. The van der Waals surface area contributed by atoms with Crippen LogP contribution in [0.1, 0.15) is 52.9 Å². The summed E-state index contributed by atoms with van der Waals surface area (Å²) in [6, 6.07) is 13.6. The fraction of sp³-hybridized carbons (Fsp3) is 0.333. The van der Waals surface area contributed by atoms with E-state index in [2.05, 4.69) is 29.4 Å². The maximum atomic E-state index is 12.9. The van der Waals surface area contributed by atoms with E-state index < -0.39 is 0 Å². The summed E-state index contributed by atoms with van der Waals surface area (Å²) in [4.78, 5) is 25.4. The predicted molar refractivity (Wildman–Crippen MR) is 130 cm³/mol.